The van der Waals surface area contributed by atoms with Gasteiger partial charge in [0.05, 0.1) is 23.7 Å². The molecule has 5 nitrogen and oxygen atoms in total. The van der Waals surface area contributed by atoms with Gasteiger partial charge in [-0.2, -0.15) is 0 Å². The Morgan fingerprint density at radius 2 is 2.17 bits per heavy atom. The fraction of sp³-hybridized carbons (Fsp3) is 0.333. The maximum Gasteiger partial charge on any atom is 0.145 e. The van der Waals surface area contributed by atoms with E-state index in [1.54, 1.807) is 13.2 Å². The van der Waals surface area contributed by atoms with Crippen molar-refractivity contribution < 1.29 is 8.95 Å². The van der Waals surface area contributed by atoms with Gasteiger partial charge < -0.3 is 9.30 Å². The molecular formula is C12H15N3O2S. The standard InChI is InChI=1S/C12H15N3O2S/c1-9-13-14-12(15(9)2)8-18(16)11-6-4-5-10(7-11)17-3/h4-7H,8H2,1-3H3/t18-/m1/s1. The van der Waals surface area contributed by atoms with Crippen molar-refractivity contribution >= 4 is 10.8 Å². The lowest BCUT2D eigenvalue weighted by Crippen LogP contribution is -2.04. The zero-order valence-corrected chi connectivity index (χ0v) is 11.4. The van der Waals surface area contributed by atoms with Gasteiger partial charge in [-0.15, -0.1) is 10.2 Å². The van der Waals surface area contributed by atoms with Crippen LogP contribution in [0.25, 0.3) is 0 Å². The Morgan fingerprint density at radius 3 is 2.78 bits per heavy atom. The molecule has 0 amide bonds. The zero-order valence-electron chi connectivity index (χ0n) is 10.6. The molecule has 0 bridgehead atoms. The number of aryl methyl sites for hydroxylation is 1. The topological polar surface area (TPSA) is 57.0 Å². The third-order valence-corrected chi connectivity index (χ3v) is 4.05. The van der Waals surface area contributed by atoms with Crippen LogP contribution in [0.3, 0.4) is 0 Å². The molecule has 18 heavy (non-hydrogen) atoms. The number of aromatic nitrogens is 3. The van der Waals surface area contributed by atoms with Crippen LogP contribution in [0.5, 0.6) is 5.75 Å². The molecule has 1 aromatic heterocycles. The molecule has 0 saturated heterocycles. The number of ether oxygens (including phenoxy) is 1. The lowest BCUT2D eigenvalue weighted by molar-refractivity contribution is 0.413. The number of rotatable bonds is 4. The van der Waals surface area contributed by atoms with E-state index in [2.05, 4.69) is 10.2 Å². The van der Waals surface area contributed by atoms with E-state index in [0.717, 1.165) is 10.7 Å². The molecule has 0 aliphatic carbocycles. The van der Waals surface area contributed by atoms with Gasteiger partial charge in [0.2, 0.25) is 0 Å². The van der Waals surface area contributed by atoms with E-state index in [0.29, 0.717) is 17.3 Å². The van der Waals surface area contributed by atoms with Crippen LogP contribution < -0.4 is 4.74 Å². The van der Waals surface area contributed by atoms with Crippen LogP contribution in [0.2, 0.25) is 0 Å². The van der Waals surface area contributed by atoms with E-state index in [-0.39, 0.29) is 0 Å². The quantitative estimate of drug-likeness (QED) is 0.839. The molecule has 0 fully saturated rings. The summed E-state index contributed by atoms with van der Waals surface area (Å²) in [6.07, 6.45) is 0. The lowest BCUT2D eigenvalue weighted by Gasteiger charge is -2.05. The summed E-state index contributed by atoms with van der Waals surface area (Å²) in [7, 11) is 2.31. The predicted molar refractivity (Wildman–Crippen MR) is 68.8 cm³/mol. The van der Waals surface area contributed by atoms with Gasteiger partial charge in [0.15, 0.2) is 0 Å². The molecule has 0 aliphatic rings. The number of benzene rings is 1. The van der Waals surface area contributed by atoms with Crippen LogP contribution in [-0.4, -0.2) is 26.1 Å². The van der Waals surface area contributed by atoms with Crippen LogP contribution in [-0.2, 0) is 23.6 Å². The molecule has 1 atom stereocenters. The summed E-state index contributed by atoms with van der Waals surface area (Å²) in [6, 6.07) is 7.25. The SMILES string of the molecule is COc1cccc([S@](=O)Cc2nnc(C)n2C)c1. The van der Waals surface area contributed by atoms with Crippen molar-refractivity contribution in [3.8, 4) is 5.75 Å². The molecule has 0 radical (unpaired) electrons. The van der Waals surface area contributed by atoms with Crippen molar-refractivity contribution in [3.63, 3.8) is 0 Å². The maximum absolute atomic E-state index is 12.2. The van der Waals surface area contributed by atoms with Gasteiger partial charge in [0.1, 0.15) is 17.4 Å². The summed E-state index contributed by atoms with van der Waals surface area (Å²) in [5.74, 6) is 2.58. The number of hydrogen-bond acceptors (Lipinski definition) is 4. The van der Waals surface area contributed by atoms with Crippen LogP contribution in [0.4, 0.5) is 0 Å². The first-order valence-electron chi connectivity index (χ1n) is 5.49. The fourth-order valence-corrected chi connectivity index (χ4v) is 2.65. The highest BCUT2D eigenvalue weighted by Crippen LogP contribution is 2.17. The molecule has 0 saturated carbocycles. The smallest absolute Gasteiger partial charge is 0.145 e. The van der Waals surface area contributed by atoms with Gasteiger partial charge in [-0.1, -0.05) is 6.07 Å². The normalized spacial score (nSPS) is 12.4. The highest BCUT2D eigenvalue weighted by Gasteiger charge is 2.11. The Balaban J connectivity index is 2.19. The highest BCUT2D eigenvalue weighted by atomic mass is 32.2. The second kappa shape index (κ2) is 5.30. The van der Waals surface area contributed by atoms with E-state index in [4.69, 9.17) is 4.74 Å². The van der Waals surface area contributed by atoms with Crippen molar-refractivity contribution in [2.45, 2.75) is 17.6 Å². The first kappa shape index (κ1) is 12.8. The van der Waals surface area contributed by atoms with Gasteiger partial charge in [0, 0.05) is 11.9 Å². The van der Waals surface area contributed by atoms with Crippen molar-refractivity contribution in [1.29, 1.82) is 0 Å². The minimum absolute atomic E-state index is 0.352. The average Bonchev–Trinajstić information content (AvgIpc) is 2.71. The minimum Gasteiger partial charge on any atom is -0.497 e. The molecule has 2 aromatic rings. The molecule has 0 spiro atoms. The van der Waals surface area contributed by atoms with Crippen LogP contribution >= 0.6 is 0 Å². The summed E-state index contributed by atoms with van der Waals surface area (Å²) >= 11 is 0. The molecule has 1 heterocycles. The van der Waals surface area contributed by atoms with Gasteiger partial charge in [-0.3, -0.25) is 4.21 Å². The average molecular weight is 265 g/mol. The van der Waals surface area contributed by atoms with Gasteiger partial charge in [-0.25, -0.2) is 0 Å². The minimum atomic E-state index is -1.15. The first-order valence-corrected chi connectivity index (χ1v) is 6.81. The predicted octanol–water partition coefficient (Wildman–Crippen LogP) is 1.44. The lowest BCUT2D eigenvalue weighted by atomic mass is 10.3. The third-order valence-electron chi connectivity index (χ3n) is 2.75. The summed E-state index contributed by atoms with van der Waals surface area (Å²) in [4.78, 5) is 0.731. The molecule has 0 unspecified atom stereocenters. The van der Waals surface area contributed by atoms with Crippen LogP contribution in [0.15, 0.2) is 29.2 Å². The summed E-state index contributed by atoms with van der Waals surface area (Å²) in [6.45, 7) is 1.87. The molecule has 2 rings (SSSR count). The molecule has 0 aliphatic heterocycles. The van der Waals surface area contributed by atoms with E-state index >= 15 is 0 Å². The van der Waals surface area contributed by atoms with Crippen LogP contribution in [0.1, 0.15) is 11.6 Å². The maximum atomic E-state index is 12.2. The Bertz CT molecular complexity index is 580. The number of methoxy groups -OCH3 is 1. The number of hydrogen-bond donors (Lipinski definition) is 0. The fourth-order valence-electron chi connectivity index (χ4n) is 1.52. The van der Waals surface area contributed by atoms with Crippen molar-refractivity contribution in [3.05, 3.63) is 35.9 Å². The van der Waals surface area contributed by atoms with E-state index in [1.165, 1.54) is 0 Å². The zero-order chi connectivity index (χ0) is 13.1. The molecule has 0 N–H and O–H groups in total. The van der Waals surface area contributed by atoms with Crippen molar-refractivity contribution in [2.75, 3.05) is 7.11 Å². The summed E-state index contributed by atoms with van der Waals surface area (Å²) in [5, 5.41) is 7.96. The van der Waals surface area contributed by atoms with E-state index < -0.39 is 10.8 Å². The van der Waals surface area contributed by atoms with Crippen molar-refractivity contribution in [2.24, 2.45) is 7.05 Å². The highest BCUT2D eigenvalue weighted by molar-refractivity contribution is 7.84. The first-order chi connectivity index (χ1) is 8.61. The van der Waals surface area contributed by atoms with Crippen molar-refractivity contribution in [1.82, 2.24) is 14.8 Å². The molecule has 6 heteroatoms. The van der Waals surface area contributed by atoms with Crippen LogP contribution in [0, 0.1) is 6.92 Å². The Morgan fingerprint density at radius 1 is 1.39 bits per heavy atom. The summed E-state index contributed by atoms with van der Waals surface area (Å²) < 4.78 is 19.2. The molecule has 1 aromatic carbocycles. The third kappa shape index (κ3) is 2.59. The van der Waals surface area contributed by atoms with Gasteiger partial charge in [-0.05, 0) is 25.1 Å². The Kier molecular flexibility index (Phi) is 3.76. The monoisotopic (exact) mass is 265 g/mol. The second-order valence-electron chi connectivity index (χ2n) is 3.89. The largest absolute Gasteiger partial charge is 0.497 e. The van der Waals surface area contributed by atoms with E-state index in [1.807, 2.05) is 36.7 Å². The number of nitrogens with zero attached hydrogens (tertiary/aromatic N) is 3. The molecular weight excluding hydrogens is 250 g/mol. The second-order valence-corrected chi connectivity index (χ2v) is 5.34. The summed E-state index contributed by atoms with van der Waals surface area (Å²) in [5.41, 5.74) is 0. The van der Waals surface area contributed by atoms with E-state index in [9.17, 15) is 4.21 Å². The Hall–Kier alpha value is -1.69. The van der Waals surface area contributed by atoms with Gasteiger partial charge >= 0.3 is 0 Å². The molecule has 96 valence electrons. The van der Waals surface area contributed by atoms with Gasteiger partial charge in [0.25, 0.3) is 0 Å². The Labute approximate surface area is 108 Å².